The highest BCUT2D eigenvalue weighted by Crippen LogP contribution is 2.25. The van der Waals surface area contributed by atoms with E-state index < -0.39 is 42.5 Å². The van der Waals surface area contributed by atoms with Crippen LogP contribution in [-0.4, -0.2) is 42.5 Å². The summed E-state index contributed by atoms with van der Waals surface area (Å²) in [5, 5.41) is 1.47. The van der Waals surface area contributed by atoms with E-state index in [1.165, 1.54) is 12.2 Å². The van der Waals surface area contributed by atoms with Crippen LogP contribution in [0.1, 0.15) is 13.8 Å². The summed E-state index contributed by atoms with van der Waals surface area (Å²) >= 11 is 0. The second-order valence-corrected chi connectivity index (χ2v) is 3.99. The number of alkyl halides is 4. The maximum absolute atomic E-state index is 13.5. The van der Waals surface area contributed by atoms with Gasteiger partial charge < -0.3 is 14.8 Å². The number of carbonyl (C=O) groups excluding carboxylic acids is 2. The smallest absolute Gasteiger partial charge is 0.457 e. The molecule has 1 aliphatic heterocycles. The molecule has 1 amide bonds. The van der Waals surface area contributed by atoms with Crippen LogP contribution in [0, 0.1) is 6.61 Å². The Balaban J connectivity index is 2.84. The topological polar surface area (TPSA) is 64.6 Å². The molecule has 0 unspecified atom stereocenters. The number of hydrogen-bond donors (Lipinski definition) is 1. The molecule has 1 N–H and O–H groups in total. The molecule has 9 heteroatoms. The Morgan fingerprint density at radius 1 is 1.37 bits per heavy atom. The molecular weight excluding hydrogens is 274 g/mol. The Labute approximate surface area is 106 Å². The molecule has 19 heavy (non-hydrogen) atoms. The number of halogens is 4. The minimum Gasteiger partial charge on any atom is -0.457 e. The van der Waals surface area contributed by atoms with Gasteiger partial charge in [0.15, 0.2) is 12.3 Å². The molecule has 1 rings (SSSR count). The zero-order valence-corrected chi connectivity index (χ0v) is 10.0. The third-order valence-corrected chi connectivity index (χ3v) is 2.44. The lowest BCUT2D eigenvalue weighted by Crippen LogP contribution is -2.60. The van der Waals surface area contributed by atoms with E-state index >= 15 is 0 Å². The predicted octanol–water partition coefficient (Wildman–Crippen LogP) is 0.884. The third-order valence-electron chi connectivity index (χ3n) is 2.44. The Hall–Kier alpha value is -1.38. The van der Waals surface area contributed by atoms with Crippen LogP contribution >= 0.6 is 0 Å². The first kappa shape index (κ1) is 15.7. The van der Waals surface area contributed by atoms with Gasteiger partial charge in [-0.25, -0.2) is 4.39 Å². The van der Waals surface area contributed by atoms with Crippen molar-refractivity contribution in [3.63, 3.8) is 0 Å². The average Bonchev–Trinajstić information content (AvgIpc) is 2.26. The molecule has 1 heterocycles. The Morgan fingerprint density at radius 3 is 2.42 bits per heavy atom. The van der Waals surface area contributed by atoms with E-state index in [0.29, 0.717) is 6.61 Å². The zero-order valence-electron chi connectivity index (χ0n) is 10.0. The SMILES string of the molecule is CC(=O)O[C@@H]1[C@@H](NC(=O)C(F)(F)F)[C@@H](F)[CH]O[C@@H]1C. The molecule has 0 aromatic carbocycles. The minimum atomic E-state index is -5.15. The molecule has 0 spiro atoms. The number of nitrogens with one attached hydrogen (secondary N) is 1. The fourth-order valence-corrected chi connectivity index (χ4v) is 1.59. The summed E-state index contributed by atoms with van der Waals surface area (Å²) < 4.78 is 59.4. The first-order chi connectivity index (χ1) is 8.62. The van der Waals surface area contributed by atoms with Gasteiger partial charge in [0.1, 0.15) is 12.6 Å². The summed E-state index contributed by atoms with van der Waals surface area (Å²) in [4.78, 5) is 21.7. The normalized spacial score (nSPS) is 31.7. The quantitative estimate of drug-likeness (QED) is 0.604. The Bertz CT molecular complexity index is 360. The van der Waals surface area contributed by atoms with Crippen LogP contribution in [0.5, 0.6) is 0 Å². The molecule has 0 aromatic rings. The highest BCUT2D eigenvalue weighted by atomic mass is 19.4. The molecule has 1 aliphatic rings. The van der Waals surface area contributed by atoms with E-state index in [9.17, 15) is 27.2 Å². The Morgan fingerprint density at radius 2 is 1.95 bits per heavy atom. The van der Waals surface area contributed by atoms with Crippen molar-refractivity contribution >= 4 is 11.9 Å². The second kappa shape index (κ2) is 5.72. The largest absolute Gasteiger partial charge is 0.471 e. The monoisotopic (exact) mass is 286 g/mol. The minimum absolute atomic E-state index is 0.659. The zero-order chi connectivity index (χ0) is 14.8. The lowest BCUT2D eigenvalue weighted by atomic mass is 9.98. The van der Waals surface area contributed by atoms with Gasteiger partial charge in [-0.1, -0.05) is 0 Å². The lowest BCUT2D eigenvalue weighted by molar-refractivity contribution is -0.181. The summed E-state index contributed by atoms with van der Waals surface area (Å²) in [5.74, 6) is -3.12. The number of rotatable bonds is 2. The van der Waals surface area contributed by atoms with E-state index in [2.05, 4.69) is 0 Å². The third kappa shape index (κ3) is 4.05. The van der Waals surface area contributed by atoms with Crippen molar-refractivity contribution in [2.24, 2.45) is 0 Å². The fourth-order valence-electron chi connectivity index (χ4n) is 1.59. The summed E-state index contributed by atoms with van der Waals surface area (Å²) in [5.41, 5.74) is 0. The second-order valence-electron chi connectivity index (χ2n) is 3.99. The van der Waals surface area contributed by atoms with Gasteiger partial charge in [0.2, 0.25) is 0 Å². The number of ether oxygens (including phenoxy) is 2. The van der Waals surface area contributed by atoms with Crippen molar-refractivity contribution in [1.29, 1.82) is 0 Å². The van der Waals surface area contributed by atoms with Crippen molar-refractivity contribution < 1.29 is 36.6 Å². The molecule has 0 aromatic heterocycles. The van der Waals surface area contributed by atoms with E-state index in [0.717, 1.165) is 6.92 Å². The molecule has 1 radical (unpaired) electrons. The van der Waals surface area contributed by atoms with Gasteiger partial charge in [-0.3, -0.25) is 9.59 Å². The summed E-state index contributed by atoms with van der Waals surface area (Å²) in [6.45, 7) is 3.05. The van der Waals surface area contributed by atoms with Crippen molar-refractivity contribution in [3.8, 4) is 0 Å². The fraction of sp³-hybridized carbons (Fsp3) is 0.700. The predicted molar refractivity (Wildman–Crippen MR) is 53.3 cm³/mol. The maximum atomic E-state index is 13.5. The van der Waals surface area contributed by atoms with Crippen LogP contribution in [-0.2, 0) is 19.1 Å². The molecule has 1 saturated heterocycles. The highest BCUT2D eigenvalue weighted by molar-refractivity contribution is 5.82. The van der Waals surface area contributed by atoms with E-state index in [1.807, 2.05) is 0 Å². The molecule has 5 nitrogen and oxygen atoms in total. The number of carbonyl (C=O) groups is 2. The molecule has 0 aliphatic carbocycles. The molecule has 4 atom stereocenters. The summed E-state index contributed by atoms with van der Waals surface area (Å²) in [7, 11) is 0. The van der Waals surface area contributed by atoms with Crippen LogP contribution < -0.4 is 5.32 Å². The summed E-state index contributed by atoms with van der Waals surface area (Å²) in [6.07, 6.45) is -9.40. The van der Waals surface area contributed by atoms with Crippen molar-refractivity contribution in [2.75, 3.05) is 0 Å². The van der Waals surface area contributed by atoms with Gasteiger partial charge in [-0.05, 0) is 6.92 Å². The average molecular weight is 286 g/mol. The van der Waals surface area contributed by atoms with Crippen LogP contribution in [0.2, 0.25) is 0 Å². The van der Waals surface area contributed by atoms with E-state index in [1.54, 1.807) is 0 Å². The molecule has 0 bridgehead atoms. The number of hydrogen-bond acceptors (Lipinski definition) is 4. The van der Waals surface area contributed by atoms with Gasteiger partial charge in [0.05, 0.1) is 6.10 Å². The van der Waals surface area contributed by atoms with Crippen LogP contribution in [0.4, 0.5) is 17.6 Å². The van der Waals surface area contributed by atoms with Gasteiger partial charge in [-0.15, -0.1) is 0 Å². The van der Waals surface area contributed by atoms with Crippen molar-refractivity contribution in [2.45, 2.75) is 44.4 Å². The lowest BCUT2D eigenvalue weighted by Gasteiger charge is -2.37. The van der Waals surface area contributed by atoms with E-state index in [-0.39, 0.29) is 0 Å². The van der Waals surface area contributed by atoms with Gasteiger partial charge in [-0.2, -0.15) is 13.2 Å². The van der Waals surface area contributed by atoms with Crippen molar-refractivity contribution in [3.05, 3.63) is 6.61 Å². The number of esters is 1. The first-order valence-corrected chi connectivity index (χ1v) is 5.30. The highest BCUT2D eigenvalue weighted by Gasteiger charge is 2.47. The molecular formula is C10H12F4NO4. The Kier molecular flexibility index (Phi) is 4.72. The first-order valence-electron chi connectivity index (χ1n) is 5.30. The molecule has 1 fully saturated rings. The van der Waals surface area contributed by atoms with Crippen LogP contribution in [0.15, 0.2) is 0 Å². The maximum Gasteiger partial charge on any atom is 0.471 e. The van der Waals surface area contributed by atoms with Gasteiger partial charge >= 0.3 is 18.1 Å². The van der Waals surface area contributed by atoms with E-state index in [4.69, 9.17) is 9.47 Å². The van der Waals surface area contributed by atoms with Gasteiger partial charge in [0.25, 0.3) is 0 Å². The molecule has 109 valence electrons. The van der Waals surface area contributed by atoms with Crippen LogP contribution in [0.25, 0.3) is 0 Å². The summed E-state index contributed by atoms with van der Waals surface area (Å²) in [6, 6.07) is -1.65. The molecule has 0 saturated carbocycles. The van der Waals surface area contributed by atoms with Crippen molar-refractivity contribution in [1.82, 2.24) is 5.32 Å². The van der Waals surface area contributed by atoms with Gasteiger partial charge in [0, 0.05) is 6.92 Å². The number of amides is 1. The standard InChI is InChI=1S/C10H12F4NO4/c1-4-8(19-5(2)16)7(6(11)3-18-4)15-9(17)10(12,13)14/h3-4,6-8H,1-2H3,(H,15,17)/t4-,6+,7+,8+/m1/s1. The van der Waals surface area contributed by atoms with Crippen LogP contribution in [0.3, 0.4) is 0 Å².